The van der Waals surface area contributed by atoms with E-state index >= 15 is 0 Å². The van der Waals surface area contributed by atoms with Crippen molar-refractivity contribution >= 4 is 17.2 Å². The number of nitrogens with zero attached hydrogens (tertiary/aromatic N) is 1. The Morgan fingerprint density at radius 2 is 1.81 bits per heavy atom. The molecule has 3 N–H and O–H groups in total. The van der Waals surface area contributed by atoms with Gasteiger partial charge in [-0.15, -0.1) is 0 Å². The summed E-state index contributed by atoms with van der Waals surface area (Å²) in [6.07, 6.45) is 0. The summed E-state index contributed by atoms with van der Waals surface area (Å²) in [6, 6.07) is 9.80. The number of nitrogens with two attached hydrogens (primary N) is 1. The maximum absolute atomic E-state index is 5.93. The van der Waals surface area contributed by atoms with Crippen molar-refractivity contribution in [3.05, 3.63) is 41.5 Å². The number of aryl methyl sites for hydroxylation is 1. The molecule has 0 bridgehead atoms. The van der Waals surface area contributed by atoms with Crippen LogP contribution in [0.4, 0.5) is 17.2 Å². The number of anilines is 3. The van der Waals surface area contributed by atoms with E-state index in [0.717, 1.165) is 11.5 Å². The topological polar surface area (TPSA) is 60.2 Å². The molecule has 0 saturated carbocycles. The second kappa shape index (κ2) is 5.64. The molecule has 2 rings (SSSR count). The van der Waals surface area contributed by atoms with Gasteiger partial charge < -0.3 is 15.8 Å². The molecule has 0 radical (unpaired) electrons. The number of ether oxygens (including phenoxy) is 1. The number of nitrogens with one attached hydrogen (secondary N) is 1. The van der Waals surface area contributed by atoms with Crippen molar-refractivity contribution in [1.29, 1.82) is 0 Å². The summed E-state index contributed by atoms with van der Waals surface area (Å²) in [5.74, 6) is 1.18. The third kappa shape index (κ3) is 3.88. The second-order valence-electron chi connectivity index (χ2n) is 6.18. The summed E-state index contributed by atoms with van der Waals surface area (Å²) in [4.78, 5) is 4.47. The zero-order valence-electron chi connectivity index (χ0n) is 13.3. The molecule has 2 aromatic rings. The molecule has 0 aliphatic carbocycles. The van der Waals surface area contributed by atoms with E-state index in [2.05, 4.69) is 30.2 Å². The Labute approximate surface area is 126 Å². The van der Waals surface area contributed by atoms with Crippen molar-refractivity contribution in [3.8, 4) is 5.88 Å². The number of benzene rings is 1. The minimum absolute atomic E-state index is 0.334. The largest absolute Gasteiger partial charge is 0.470 e. The highest BCUT2D eigenvalue weighted by atomic mass is 16.5. The number of nitrogen functional groups attached to an aromatic ring is 1. The molecule has 112 valence electrons. The van der Waals surface area contributed by atoms with Crippen molar-refractivity contribution in [2.24, 2.45) is 0 Å². The van der Waals surface area contributed by atoms with Gasteiger partial charge in [0.1, 0.15) is 11.4 Å². The molecule has 1 heterocycles. The lowest BCUT2D eigenvalue weighted by Crippen LogP contribution is -2.24. The van der Waals surface area contributed by atoms with Crippen molar-refractivity contribution in [1.82, 2.24) is 4.98 Å². The van der Waals surface area contributed by atoms with Crippen LogP contribution in [0.25, 0.3) is 0 Å². The highest BCUT2D eigenvalue weighted by Gasteiger charge is 2.15. The van der Waals surface area contributed by atoms with Gasteiger partial charge in [0.15, 0.2) is 0 Å². The summed E-state index contributed by atoms with van der Waals surface area (Å²) in [5, 5.41) is 3.32. The van der Waals surface area contributed by atoms with Crippen LogP contribution in [0.3, 0.4) is 0 Å². The maximum Gasteiger partial charge on any atom is 0.239 e. The summed E-state index contributed by atoms with van der Waals surface area (Å²) in [5.41, 5.74) is 9.61. The first-order chi connectivity index (χ1) is 9.76. The van der Waals surface area contributed by atoms with Crippen molar-refractivity contribution < 1.29 is 4.74 Å². The van der Waals surface area contributed by atoms with Crippen molar-refractivity contribution in [2.45, 2.75) is 40.2 Å². The average Bonchev–Trinajstić information content (AvgIpc) is 2.37. The smallest absolute Gasteiger partial charge is 0.239 e. The fourth-order valence-corrected chi connectivity index (χ4v) is 1.92. The third-order valence-corrected chi connectivity index (χ3v) is 3.16. The highest BCUT2D eigenvalue weighted by Crippen LogP contribution is 2.27. The van der Waals surface area contributed by atoms with Crippen LogP contribution in [0.15, 0.2) is 30.3 Å². The molecule has 4 nitrogen and oxygen atoms in total. The fraction of sp³-hybridized carbons (Fsp3) is 0.353. The van der Waals surface area contributed by atoms with Gasteiger partial charge in [-0.05, 0) is 63.9 Å². The van der Waals surface area contributed by atoms with Crippen molar-refractivity contribution in [3.63, 3.8) is 0 Å². The minimum Gasteiger partial charge on any atom is -0.470 e. The van der Waals surface area contributed by atoms with Crippen molar-refractivity contribution in [2.75, 3.05) is 11.1 Å². The number of hydrogen-bond acceptors (Lipinski definition) is 4. The quantitative estimate of drug-likeness (QED) is 0.887. The van der Waals surface area contributed by atoms with E-state index in [1.807, 2.05) is 45.0 Å². The minimum atomic E-state index is -0.334. The van der Waals surface area contributed by atoms with Crippen LogP contribution in [0.1, 0.15) is 31.9 Å². The van der Waals surface area contributed by atoms with Gasteiger partial charge in [0, 0.05) is 5.69 Å². The standard InChI is InChI=1S/C17H23N3O/c1-11-7-6-8-14(12(11)2)19-15-10-9-13(18)16(20-15)21-17(3,4)5/h6-10H,18H2,1-5H3,(H,19,20). The Hall–Kier alpha value is -2.23. The van der Waals surface area contributed by atoms with Crippen LogP contribution in [0.5, 0.6) is 5.88 Å². The molecule has 21 heavy (non-hydrogen) atoms. The molecular formula is C17H23N3O. The van der Waals surface area contributed by atoms with E-state index in [1.54, 1.807) is 0 Å². The SMILES string of the molecule is Cc1cccc(Nc2ccc(N)c(OC(C)(C)C)n2)c1C. The van der Waals surface area contributed by atoms with Gasteiger partial charge in [-0.3, -0.25) is 0 Å². The van der Waals surface area contributed by atoms with Gasteiger partial charge in [-0.25, -0.2) is 0 Å². The zero-order valence-corrected chi connectivity index (χ0v) is 13.3. The molecule has 0 unspecified atom stereocenters. The van der Waals surface area contributed by atoms with Crippen LogP contribution in [0.2, 0.25) is 0 Å². The average molecular weight is 285 g/mol. The normalized spacial score (nSPS) is 11.3. The Balaban J connectivity index is 2.29. The molecule has 4 heteroatoms. The lowest BCUT2D eigenvalue weighted by atomic mass is 10.1. The molecule has 0 amide bonds. The maximum atomic E-state index is 5.93. The summed E-state index contributed by atoms with van der Waals surface area (Å²) < 4.78 is 5.79. The summed E-state index contributed by atoms with van der Waals surface area (Å²) >= 11 is 0. The third-order valence-electron chi connectivity index (χ3n) is 3.16. The molecule has 0 saturated heterocycles. The first-order valence-electron chi connectivity index (χ1n) is 7.05. The van der Waals surface area contributed by atoms with Crippen LogP contribution in [-0.4, -0.2) is 10.6 Å². The Kier molecular flexibility index (Phi) is 4.07. The van der Waals surface area contributed by atoms with E-state index in [1.165, 1.54) is 11.1 Å². The Morgan fingerprint density at radius 3 is 2.48 bits per heavy atom. The van der Waals surface area contributed by atoms with E-state index in [-0.39, 0.29) is 5.60 Å². The molecule has 0 fully saturated rings. The summed E-state index contributed by atoms with van der Waals surface area (Å²) in [7, 11) is 0. The summed E-state index contributed by atoms with van der Waals surface area (Å²) in [6.45, 7) is 10.1. The number of rotatable bonds is 3. The van der Waals surface area contributed by atoms with Crippen LogP contribution >= 0.6 is 0 Å². The van der Waals surface area contributed by atoms with Gasteiger partial charge in [0.25, 0.3) is 0 Å². The fourth-order valence-electron chi connectivity index (χ4n) is 1.92. The first kappa shape index (κ1) is 15.2. The Morgan fingerprint density at radius 1 is 1.10 bits per heavy atom. The van der Waals surface area contributed by atoms with E-state index in [4.69, 9.17) is 10.5 Å². The molecular weight excluding hydrogens is 262 g/mol. The number of hydrogen-bond donors (Lipinski definition) is 2. The monoisotopic (exact) mass is 285 g/mol. The molecule has 0 spiro atoms. The molecule has 1 aromatic heterocycles. The van der Waals surface area contributed by atoms with Crippen LogP contribution in [0, 0.1) is 13.8 Å². The van der Waals surface area contributed by atoms with Gasteiger partial charge in [0.05, 0.1) is 5.69 Å². The van der Waals surface area contributed by atoms with E-state index < -0.39 is 0 Å². The second-order valence-corrected chi connectivity index (χ2v) is 6.18. The number of aromatic nitrogens is 1. The predicted octanol–water partition coefficient (Wildman–Crippen LogP) is 4.20. The first-order valence-corrected chi connectivity index (χ1v) is 7.05. The van der Waals surface area contributed by atoms with E-state index in [0.29, 0.717) is 11.6 Å². The lowest BCUT2D eigenvalue weighted by molar-refractivity contribution is 0.125. The molecule has 0 aliphatic heterocycles. The Bertz CT molecular complexity index is 645. The molecule has 0 aliphatic rings. The van der Waals surface area contributed by atoms with E-state index in [9.17, 15) is 0 Å². The molecule has 1 aromatic carbocycles. The molecule has 0 atom stereocenters. The highest BCUT2D eigenvalue weighted by molar-refractivity contribution is 5.64. The van der Waals surface area contributed by atoms with Gasteiger partial charge in [-0.2, -0.15) is 4.98 Å². The van der Waals surface area contributed by atoms with Gasteiger partial charge >= 0.3 is 0 Å². The lowest BCUT2D eigenvalue weighted by Gasteiger charge is -2.22. The predicted molar refractivity (Wildman–Crippen MR) is 88.2 cm³/mol. The zero-order chi connectivity index (χ0) is 15.6. The van der Waals surface area contributed by atoms with Gasteiger partial charge in [0.2, 0.25) is 5.88 Å². The van der Waals surface area contributed by atoms with Crippen LogP contribution in [-0.2, 0) is 0 Å². The van der Waals surface area contributed by atoms with Gasteiger partial charge in [-0.1, -0.05) is 12.1 Å². The van der Waals surface area contributed by atoms with Crippen LogP contribution < -0.4 is 15.8 Å². The number of pyridine rings is 1.